The molecule has 0 N–H and O–H groups in total. The van der Waals surface area contributed by atoms with Gasteiger partial charge in [0.1, 0.15) is 11.6 Å². The highest BCUT2D eigenvalue weighted by molar-refractivity contribution is 9.10. The number of fused-ring (bicyclic) bond motifs is 1. The summed E-state index contributed by atoms with van der Waals surface area (Å²) >= 11 is 15.6. The summed E-state index contributed by atoms with van der Waals surface area (Å²) in [5.41, 5.74) is 2.13. The van der Waals surface area contributed by atoms with Crippen LogP contribution in [0, 0.1) is 5.82 Å². The van der Waals surface area contributed by atoms with Crippen LogP contribution in [-0.4, -0.2) is 9.55 Å². The van der Waals surface area contributed by atoms with E-state index in [2.05, 4.69) is 20.9 Å². The highest BCUT2D eigenvalue weighted by atomic mass is 79.9. The van der Waals surface area contributed by atoms with Gasteiger partial charge in [0, 0.05) is 4.47 Å². The van der Waals surface area contributed by atoms with Crippen molar-refractivity contribution in [2.75, 3.05) is 0 Å². The summed E-state index contributed by atoms with van der Waals surface area (Å²) < 4.78 is 16.2. The molecule has 6 heteroatoms. The molecule has 0 unspecified atom stereocenters. The standard InChI is InChI=1S/C14H8BrCl2FN2/c15-8-1-4-11-13(5-8)20(14(7-16)19-11)12-6-9(18)2-3-10(12)17/h1-6H,7H2. The Morgan fingerprint density at radius 1 is 1.20 bits per heavy atom. The van der Waals surface area contributed by atoms with Crippen LogP contribution in [0.5, 0.6) is 0 Å². The largest absolute Gasteiger partial charge is 0.294 e. The van der Waals surface area contributed by atoms with Crippen molar-refractivity contribution in [3.05, 3.63) is 57.5 Å². The normalized spacial score (nSPS) is 11.2. The second kappa shape index (κ2) is 5.35. The predicted octanol–water partition coefficient (Wildman–Crippen LogP) is 5.32. The second-order valence-corrected chi connectivity index (χ2v) is 5.82. The second-order valence-electron chi connectivity index (χ2n) is 4.23. The predicted molar refractivity (Wildman–Crippen MR) is 83.3 cm³/mol. The van der Waals surface area contributed by atoms with Gasteiger partial charge in [0.2, 0.25) is 0 Å². The lowest BCUT2D eigenvalue weighted by molar-refractivity contribution is 0.626. The van der Waals surface area contributed by atoms with Gasteiger partial charge in [0.15, 0.2) is 0 Å². The monoisotopic (exact) mass is 372 g/mol. The van der Waals surface area contributed by atoms with Gasteiger partial charge in [-0.1, -0.05) is 27.5 Å². The number of benzene rings is 2. The van der Waals surface area contributed by atoms with Crippen LogP contribution in [-0.2, 0) is 5.88 Å². The van der Waals surface area contributed by atoms with Crippen molar-refractivity contribution < 1.29 is 4.39 Å². The fraction of sp³-hybridized carbons (Fsp3) is 0.0714. The molecule has 0 fully saturated rings. The molecule has 2 nitrogen and oxygen atoms in total. The number of rotatable bonds is 2. The number of hydrogen-bond acceptors (Lipinski definition) is 1. The van der Waals surface area contributed by atoms with Crippen molar-refractivity contribution >= 4 is 50.2 Å². The van der Waals surface area contributed by atoms with Crippen LogP contribution in [0.15, 0.2) is 40.9 Å². The molecular formula is C14H8BrCl2FN2. The number of imidazole rings is 1. The van der Waals surface area contributed by atoms with E-state index >= 15 is 0 Å². The summed E-state index contributed by atoms with van der Waals surface area (Å²) in [6.07, 6.45) is 0. The Hall–Kier alpha value is -1.10. The Morgan fingerprint density at radius 2 is 2.00 bits per heavy atom. The van der Waals surface area contributed by atoms with Crippen molar-refractivity contribution in [2.45, 2.75) is 5.88 Å². The molecule has 0 radical (unpaired) electrons. The van der Waals surface area contributed by atoms with Gasteiger partial charge in [0.25, 0.3) is 0 Å². The lowest BCUT2D eigenvalue weighted by atomic mass is 10.2. The maximum atomic E-state index is 13.5. The average Bonchev–Trinajstić information content (AvgIpc) is 2.79. The molecule has 0 atom stereocenters. The molecule has 0 amide bonds. The highest BCUT2D eigenvalue weighted by Crippen LogP contribution is 2.29. The van der Waals surface area contributed by atoms with Crippen molar-refractivity contribution in [1.82, 2.24) is 9.55 Å². The number of alkyl halides is 1. The number of nitrogens with zero attached hydrogens (tertiary/aromatic N) is 2. The zero-order chi connectivity index (χ0) is 14.3. The van der Waals surface area contributed by atoms with Gasteiger partial charge in [-0.2, -0.15) is 0 Å². The van der Waals surface area contributed by atoms with E-state index in [1.807, 2.05) is 18.2 Å². The smallest absolute Gasteiger partial charge is 0.129 e. The molecule has 102 valence electrons. The molecule has 1 heterocycles. The number of hydrogen-bond donors (Lipinski definition) is 0. The summed E-state index contributed by atoms with van der Waals surface area (Å²) in [6, 6.07) is 9.89. The van der Waals surface area contributed by atoms with Crippen molar-refractivity contribution in [3.8, 4) is 5.69 Å². The molecule has 0 saturated heterocycles. The first-order chi connectivity index (χ1) is 9.60. The van der Waals surface area contributed by atoms with Crippen LogP contribution in [0.1, 0.15) is 5.82 Å². The molecule has 0 aliphatic rings. The van der Waals surface area contributed by atoms with Crippen molar-refractivity contribution in [2.24, 2.45) is 0 Å². The fourth-order valence-electron chi connectivity index (χ4n) is 2.11. The van der Waals surface area contributed by atoms with Crippen LogP contribution in [0.3, 0.4) is 0 Å². The third kappa shape index (κ3) is 2.32. The van der Waals surface area contributed by atoms with E-state index in [0.29, 0.717) is 16.5 Å². The maximum Gasteiger partial charge on any atom is 0.129 e. The van der Waals surface area contributed by atoms with Gasteiger partial charge >= 0.3 is 0 Å². The number of halogens is 4. The van der Waals surface area contributed by atoms with E-state index < -0.39 is 0 Å². The van der Waals surface area contributed by atoms with E-state index in [1.54, 1.807) is 4.57 Å². The zero-order valence-corrected chi connectivity index (χ0v) is 13.2. The number of aromatic nitrogens is 2. The molecule has 0 aliphatic heterocycles. The summed E-state index contributed by atoms with van der Waals surface area (Å²) in [5, 5.41) is 0.442. The minimum Gasteiger partial charge on any atom is -0.294 e. The van der Waals surface area contributed by atoms with E-state index in [9.17, 15) is 4.39 Å². The lowest BCUT2D eigenvalue weighted by Crippen LogP contribution is -2.00. The SMILES string of the molecule is Fc1ccc(Cl)c(-n2c(CCl)nc3ccc(Br)cc32)c1. The third-order valence-electron chi connectivity index (χ3n) is 2.95. The third-order valence-corrected chi connectivity index (χ3v) is 4.01. The molecule has 2 aromatic carbocycles. The first-order valence-corrected chi connectivity index (χ1v) is 7.49. The Labute approximate surface area is 133 Å². The van der Waals surface area contributed by atoms with E-state index in [-0.39, 0.29) is 11.7 Å². The van der Waals surface area contributed by atoms with Gasteiger partial charge in [-0.05, 0) is 36.4 Å². The summed E-state index contributed by atoms with van der Waals surface area (Å²) in [5.74, 6) is 0.466. The highest BCUT2D eigenvalue weighted by Gasteiger charge is 2.15. The Kier molecular flexibility index (Phi) is 3.71. The van der Waals surface area contributed by atoms with E-state index in [1.165, 1.54) is 18.2 Å². The molecule has 3 aromatic rings. The summed E-state index contributed by atoms with van der Waals surface area (Å²) in [4.78, 5) is 4.45. The van der Waals surface area contributed by atoms with Crippen LogP contribution < -0.4 is 0 Å². The fourth-order valence-corrected chi connectivity index (χ4v) is 2.84. The molecule has 0 bridgehead atoms. The summed E-state index contributed by atoms with van der Waals surface area (Å²) in [7, 11) is 0. The molecule has 0 saturated carbocycles. The molecule has 0 spiro atoms. The minimum atomic E-state index is -0.359. The van der Waals surface area contributed by atoms with Crippen LogP contribution >= 0.6 is 39.1 Å². The van der Waals surface area contributed by atoms with Crippen molar-refractivity contribution in [3.63, 3.8) is 0 Å². The quantitative estimate of drug-likeness (QED) is 0.556. The van der Waals surface area contributed by atoms with Crippen molar-refractivity contribution in [1.29, 1.82) is 0 Å². The Bertz CT molecular complexity index is 801. The topological polar surface area (TPSA) is 17.8 Å². The van der Waals surface area contributed by atoms with Gasteiger partial charge < -0.3 is 0 Å². The van der Waals surface area contributed by atoms with Gasteiger partial charge in [-0.15, -0.1) is 11.6 Å². The zero-order valence-electron chi connectivity index (χ0n) is 10.1. The van der Waals surface area contributed by atoms with Gasteiger partial charge in [-0.25, -0.2) is 9.37 Å². The molecule has 0 aliphatic carbocycles. The Morgan fingerprint density at radius 3 is 2.75 bits per heavy atom. The Balaban J connectivity index is 2.39. The van der Waals surface area contributed by atoms with Crippen LogP contribution in [0.2, 0.25) is 5.02 Å². The van der Waals surface area contributed by atoms with Gasteiger partial charge in [0.05, 0.1) is 27.6 Å². The minimum absolute atomic E-state index is 0.207. The van der Waals surface area contributed by atoms with E-state index in [0.717, 1.165) is 15.5 Å². The first-order valence-electron chi connectivity index (χ1n) is 5.78. The first kappa shape index (κ1) is 13.9. The average molecular weight is 374 g/mol. The lowest BCUT2D eigenvalue weighted by Gasteiger charge is -2.10. The van der Waals surface area contributed by atoms with E-state index in [4.69, 9.17) is 23.2 Å². The summed E-state index contributed by atoms with van der Waals surface area (Å²) in [6.45, 7) is 0. The molecule has 20 heavy (non-hydrogen) atoms. The van der Waals surface area contributed by atoms with Gasteiger partial charge in [-0.3, -0.25) is 4.57 Å². The van der Waals surface area contributed by atoms with Crippen LogP contribution in [0.4, 0.5) is 4.39 Å². The molecule has 1 aromatic heterocycles. The van der Waals surface area contributed by atoms with Crippen LogP contribution in [0.25, 0.3) is 16.7 Å². The maximum absolute atomic E-state index is 13.5. The molecule has 3 rings (SSSR count). The molecular weight excluding hydrogens is 366 g/mol.